The first-order valence-electron chi connectivity index (χ1n) is 5.94. The van der Waals surface area contributed by atoms with E-state index in [-0.39, 0.29) is 18.2 Å². The minimum absolute atomic E-state index is 0.0726. The average Bonchev–Trinajstić information content (AvgIpc) is 2.42. The number of aliphatic hydroxyl groups is 1. The van der Waals surface area contributed by atoms with Crippen LogP contribution in [0.15, 0.2) is 18.2 Å². The highest BCUT2D eigenvalue weighted by molar-refractivity contribution is 5.92. The number of hydrogen-bond acceptors (Lipinski definition) is 4. The number of hydrogen-bond donors (Lipinski definition) is 2. The van der Waals surface area contributed by atoms with Gasteiger partial charge < -0.3 is 15.2 Å². The van der Waals surface area contributed by atoms with Gasteiger partial charge in [-0.05, 0) is 12.5 Å². The summed E-state index contributed by atoms with van der Waals surface area (Å²) in [6.45, 7) is 0.0727. The number of carbonyl (C=O) groups excluding carboxylic acids is 1. The van der Waals surface area contributed by atoms with E-state index in [1.807, 2.05) is 0 Å². The molecule has 8 heteroatoms. The zero-order valence-electron chi connectivity index (χ0n) is 10.8. The molecule has 0 radical (unpaired) electrons. The maximum absolute atomic E-state index is 12.0. The molecule has 20 heavy (non-hydrogen) atoms. The summed E-state index contributed by atoms with van der Waals surface area (Å²) in [4.78, 5) is 15.4. The van der Waals surface area contributed by atoms with Gasteiger partial charge in [-0.2, -0.15) is 13.2 Å². The summed E-state index contributed by atoms with van der Waals surface area (Å²) >= 11 is 0. The topological polar surface area (TPSA) is 71.5 Å². The molecule has 0 fully saturated rings. The molecule has 0 bridgehead atoms. The highest BCUT2D eigenvalue weighted by Gasteiger charge is 2.28. The largest absolute Gasteiger partial charge is 0.468 e. The number of halogens is 3. The van der Waals surface area contributed by atoms with Gasteiger partial charge in [0.15, 0.2) is 6.61 Å². The van der Waals surface area contributed by atoms with Crippen LogP contribution < -0.4 is 10.1 Å². The molecule has 0 aliphatic rings. The monoisotopic (exact) mass is 292 g/mol. The third kappa shape index (κ3) is 5.43. The molecule has 1 aromatic heterocycles. The Hall–Kier alpha value is -1.83. The molecule has 0 aliphatic carbocycles. The molecule has 112 valence electrons. The summed E-state index contributed by atoms with van der Waals surface area (Å²) in [7, 11) is 0. The van der Waals surface area contributed by atoms with Crippen LogP contribution in [0.25, 0.3) is 0 Å². The van der Waals surface area contributed by atoms with Gasteiger partial charge in [0.05, 0.1) is 12.6 Å². The molecule has 1 heterocycles. The minimum atomic E-state index is -4.47. The van der Waals surface area contributed by atoms with Crippen molar-refractivity contribution >= 4 is 5.91 Å². The van der Waals surface area contributed by atoms with E-state index < -0.39 is 24.7 Å². The fourth-order valence-corrected chi connectivity index (χ4v) is 1.31. The van der Waals surface area contributed by atoms with Gasteiger partial charge in [-0.3, -0.25) is 4.79 Å². The molecule has 0 aromatic carbocycles. The standard InChI is InChI=1S/C12H15F3N2O3/c1-2-8(6-18)16-11(19)9-4-3-5-10(17-9)20-7-12(13,14)15/h3-5,8,18H,2,6-7H2,1H3,(H,16,19). The Balaban J connectivity index is 2.69. The van der Waals surface area contributed by atoms with Crippen LogP contribution in [-0.4, -0.2) is 41.4 Å². The maximum atomic E-state index is 12.0. The van der Waals surface area contributed by atoms with Gasteiger partial charge >= 0.3 is 6.18 Å². The molecule has 5 nitrogen and oxygen atoms in total. The zero-order valence-corrected chi connectivity index (χ0v) is 10.8. The zero-order chi connectivity index (χ0) is 15.2. The van der Waals surface area contributed by atoms with E-state index in [9.17, 15) is 18.0 Å². The number of nitrogens with one attached hydrogen (secondary N) is 1. The summed E-state index contributed by atoms with van der Waals surface area (Å²) in [6, 6.07) is 3.52. The molecule has 1 atom stereocenters. The van der Waals surface area contributed by atoms with E-state index in [1.54, 1.807) is 6.92 Å². The smallest absolute Gasteiger partial charge is 0.422 e. The lowest BCUT2D eigenvalue weighted by molar-refractivity contribution is -0.154. The van der Waals surface area contributed by atoms with Crippen LogP contribution >= 0.6 is 0 Å². The van der Waals surface area contributed by atoms with Crippen LogP contribution in [0.2, 0.25) is 0 Å². The number of amides is 1. The van der Waals surface area contributed by atoms with Crippen molar-refractivity contribution in [3.63, 3.8) is 0 Å². The SMILES string of the molecule is CCC(CO)NC(=O)c1cccc(OCC(F)(F)F)n1. The predicted molar refractivity (Wildman–Crippen MR) is 64.4 cm³/mol. The van der Waals surface area contributed by atoms with Gasteiger partial charge in [0.1, 0.15) is 5.69 Å². The Labute approximate surface area is 113 Å². The van der Waals surface area contributed by atoms with Crippen molar-refractivity contribution in [1.29, 1.82) is 0 Å². The number of nitrogens with zero attached hydrogens (tertiary/aromatic N) is 1. The molecular weight excluding hydrogens is 277 g/mol. The molecule has 0 saturated carbocycles. The number of carbonyl (C=O) groups is 1. The lowest BCUT2D eigenvalue weighted by Crippen LogP contribution is -2.37. The lowest BCUT2D eigenvalue weighted by atomic mass is 10.2. The second-order valence-electron chi connectivity index (χ2n) is 4.03. The van der Waals surface area contributed by atoms with Gasteiger partial charge in [-0.1, -0.05) is 13.0 Å². The van der Waals surface area contributed by atoms with Crippen molar-refractivity contribution in [1.82, 2.24) is 10.3 Å². The van der Waals surface area contributed by atoms with Crippen molar-refractivity contribution in [2.24, 2.45) is 0 Å². The van der Waals surface area contributed by atoms with E-state index in [4.69, 9.17) is 5.11 Å². The summed E-state index contributed by atoms with van der Waals surface area (Å²) in [5, 5.41) is 11.5. The van der Waals surface area contributed by atoms with Crippen LogP contribution in [-0.2, 0) is 0 Å². The molecule has 1 aromatic rings. The van der Waals surface area contributed by atoms with Gasteiger partial charge in [-0.15, -0.1) is 0 Å². The predicted octanol–water partition coefficient (Wildman–Crippen LogP) is 1.52. The van der Waals surface area contributed by atoms with E-state index in [0.29, 0.717) is 6.42 Å². The Kier molecular flexibility index (Phi) is 5.75. The van der Waals surface area contributed by atoms with E-state index >= 15 is 0 Å². The van der Waals surface area contributed by atoms with E-state index in [2.05, 4.69) is 15.0 Å². The van der Waals surface area contributed by atoms with Crippen molar-refractivity contribution in [2.75, 3.05) is 13.2 Å². The van der Waals surface area contributed by atoms with Crippen LogP contribution in [0.5, 0.6) is 5.88 Å². The quantitative estimate of drug-likeness (QED) is 0.834. The summed E-state index contributed by atoms with van der Waals surface area (Å²) < 4.78 is 40.5. The lowest BCUT2D eigenvalue weighted by Gasteiger charge is -2.14. The fraction of sp³-hybridized carbons (Fsp3) is 0.500. The second-order valence-corrected chi connectivity index (χ2v) is 4.03. The van der Waals surface area contributed by atoms with Crippen LogP contribution in [0.3, 0.4) is 0 Å². The molecule has 1 rings (SSSR count). The van der Waals surface area contributed by atoms with Gasteiger partial charge in [-0.25, -0.2) is 4.98 Å². The minimum Gasteiger partial charge on any atom is -0.468 e. The number of pyridine rings is 1. The molecule has 2 N–H and O–H groups in total. The van der Waals surface area contributed by atoms with E-state index in [0.717, 1.165) is 0 Å². The van der Waals surface area contributed by atoms with Crippen LogP contribution in [0, 0.1) is 0 Å². The first-order chi connectivity index (χ1) is 9.35. The van der Waals surface area contributed by atoms with Gasteiger partial charge in [0.2, 0.25) is 5.88 Å². The summed E-state index contributed by atoms with van der Waals surface area (Å²) in [5.74, 6) is -0.865. The Morgan fingerprint density at radius 2 is 2.20 bits per heavy atom. The van der Waals surface area contributed by atoms with Crippen molar-refractivity contribution < 1.29 is 27.8 Å². The Morgan fingerprint density at radius 1 is 1.50 bits per heavy atom. The molecule has 1 amide bonds. The molecule has 0 saturated heterocycles. The highest BCUT2D eigenvalue weighted by Crippen LogP contribution is 2.17. The number of aromatic nitrogens is 1. The third-order valence-corrected chi connectivity index (χ3v) is 2.39. The number of alkyl halides is 3. The highest BCUT2D eigenvalue weighted by atomic mass is 19.4. The fourth-order valence-electron chi connectivity index (χ4n) is 1.31. The van der Waals surface area contributed by atoms with Crippen molar-refractivity contribution in [2.45, 2.75) is 25.6 Å². The first kappa shape index (κ1) is 16.2. The van der Waals surface area contributed by atoms with Crippen molar-refractivity contribution in [3.05, 3.63) is 23.9 Å². The van der Waals surface area contributed by atoms with E-state index in [1.165, 1.54) is 18.2 Å². The van der Waals surface area contributed by atoms with Crippen LogP contribution in [0.1, 0.15) is 23.8 Å². The maximum Gasteiger partial charge on any atom is 0.422 e. The second kappa shape index (κ2) is 7.09. The molecular formula is C12H15F3N2O3. The van der Waals surface area contributed by atoms with Crippen molar-refractivity contribution in [3.8, 4) is 5.88 Å². The van der Waals surface area contributed by atoms with Crippen LogP contribution in [0.4, 0.5) is 13.2 Å². The third-order valence-electron chi connectivity index (χ3n) is 2.39. The molecule has 1 unspecified atom stereocenters. The molecule has 0 spiro atoms. The number of ether oxygens (including phenoxy) is 1. The Morgan fingerprint density at radius 3 is 2.75 bits per heavy atom. The summed E-state index contributed by atoms with van der Waals surface area (Å²) in [6.07, 6.45) is -3.95. The van der Waals surface area contributed by atoms with Gasteiger partial charge in [0, 0.05) is 6.07 Å². The average molecular weight is 292 g/mol. The van der Waals surface area contributed by atoms with Gasteiger partial charge in [0.25, 0.3) is 5.91 Å². The molecule has 0 aliphatic heterocycles. The Bertz CT molecular complexity index is 448. The summed E-state index contributed by atoms with van der Waals surface area (Å²) in [5.41, 5.74) is -0.0726. The number of rotatable bonds is 6. The number of aliphatic hydroxyl groups excluding tert-OH is 1. The normalized spacial score (nSPS) is 12.8. The first-order valence-corrected chi connectivity index (χ1v) is 5.94.